The SMILES string of the molecule is CC(Oc1cccc(F)c1)C(=O)NCCSCC(=O)O. The molecule has 5 nitrogen and oxygen atoms in total. The van der Waals surface area contributed by atoms with Gasteiger partial charge in [0.1, 0.15) is 11.6 Å². The number of ether oxygens (including phenoxy) is 1. The van der Waals surface area contributed by atoms with Gasteiger partial charge in [-0.2, -0.15) is 0 Å². The minimum atomic E-state index is -0.885. The third-order valence-corrected chi connectivity index (χ3v) is 3.19. The maximum absolute atomic E-state index is 12.9. The summed E-state index contributed by atoms with van der Waals surface area (Å²) >= 11 is 1.22. The molecule has 1 aromatic carbocycles. The summed E-state index contributed by atoms with van der Waals surface area (Å²) in [7, 11) is 0. The summed E-state index contributed by atoms with van der Waals surface area (Å²) in [5.41, 5.74) is 0. The molecule has 0 saturated heterocycles. The van der Waals surface area contributed by atoms with Crippen molar-refractivity contribution in [2.24, 2.45) is 0 Å². The van der Waals surface area contributed by atoms with Gasteiger partial charge in [0.25, 0.3) is 5.91 Å². The van der Waals surface area contributed by atoms with E-state index in [1.807, 2.05) is 0 Å². The topological polar surface area (TPSA) is 75.6 Å². The number of carboxylic acid groups (broad SMARTS) is 1. The average molecular weight is 301 g/mol. The first kappa shape index (κ1) is 16.3. The fraction of sp³-hybridized carbons (Fsp3) is 0.385. The summed E-state index contributed by atoms with van der Waals surface area (Å²) in [5, 5.41) is 11.1. The lowest BCUT2D eigenvalue weighted by Gasteiger charge is -2.14. The zero-order valence-electron chi connectivity index (χ0n) is 11.0. The molecule has 0 fully saturated rings. The second-order valence-corrected chi connectivity index (χ2v) is 5.06. The van der Waals surface area contributed by atoms with Crippen LogP contribution in [0.4, 0.5) is 4.39 Å². The van der Waals surface area contributed by atoms with Crippen LogP contribution in [0.1, 0.15) is 6.92 Å². The summed E-state index contributed by atoms with van der Waals surface area (Å²) in [6.07, 6.45) is -0.749. The average Bonchev–Trinajstić information content (AvgIpc) is 2.37. The van der Waals surface area contributed by atoms with E-state index in [9.17, 15) is 14.0 Å². The van der Waals surface area contributed by atoms with Gasteiger partial charge in [-0.05, 0) is 19.1 Å². The highest BCUT2D eigenvalue weighted by molar-refractivity contribution is 7.99. The van der Waals surface area contributed by atoms with E-state index in [0.717, 1.165) is 0 Å². The predicted octanol–water partition coefficient (Wildman–Crippen LogP) is 1.53. The van der Waals surface area contributed by atoms with Gasteiger partial charge < -0.3 is 15.2 Å². The standard InChI is InChI=1S/C13H16FNO4S/c1-9(19-11-4-2-3-10(14)7-11)13(18)15-5-6-20-8-12(16)17/h2-4,7,9H,5-6,8H2,1H3,(H,15,18)(H,16,17). The van der Waals surface area contributed by atoms with Gasteiger partial charge in [0.05, 0.1) is 5.75 Å². The van der Waals surface area contributed by atoms with Crippen molar-refractivity contribution in [3.63, 3.8) is 0 Å². The van der Waals surface area contributed by atoms with E-state index in [1.54, 1.807) is 13.0 Å². The number of rotatable bonds is 8. The van der Waals surface area contributed by atoms with Crippen LogP contribution in [-0.4, -0.2) is 41.1 Å². The number of carboxylic acids is 1. The van der Waals surface area contributed by atoms with Crippen molar-refractivity contribution in [3.05, 3.63) is 30.1 Å². The molecule has 7 heteroatoms. The van der Waals surface area contributed by atoms with Crippen LogP contribution >= 0.6 is 11.8 Å². The van der Waals surface area contributed by atoms with Gasteiger partial charge in [-0.15, -0.1) is 11.8 Å². The van der Waals surface area contributed by atoms with Crippen molar-refractivity contribution in [2.45, 2.75) is 13.0 Å². The molecule has 0 heterocycles. The smallest absolute Gasteiger partial charge is 0.313 e. The number of thioether (sulfide) groups is 1. The third kappa shape index (κ3) is 6.42. The highest BCUT2D eigenvalue weighted by Crippen LogP contribution is 2.13. The van der Waals surface area contributed by atoms with Crippen molar-refractivity contribution in [1.29, 1.82) is 0 Å². The highest BCUT2D eigenvalue weighted by Gasteiger charge is 2.14. The number of nitrogens with one attached hydrogen (secondary N) is 1. The Kier molecular flexibility index (Phi) is 6.86. The number of hydrogen-bond acceptors (Lipinski definition) is 4. The van der Waals surface area contributed by atoms with Crippen LogP contribution < -0.4 is 10.1 Å². The minimum Gasteiger partial charge on any atom is -0.481 e. The van der Waals surface area contributed by atoms with E-state index in [-0.39, 0.29) is 17.4 Å². The summed E-state index contributed by atoms with van der Waals surface area (Å²) < 4.78 is 18.2. The van der Waals surface area contributed by atoms with E-state index >= 15 is 0 Å². The van der Waals surface area contributed by atoms with Gasteiger partial charge in [-0.1, -0.05) is 6.07 Å². The molecule has 0 aliphatic carbocycles. The Morgan fingerprint density at radius 2 is 2.25 bits per heavy atom. The lowest BCUT2D eigenvalue weighted by atomic mass is 10.3. The van der Waals surface area contributed by atoms with Crippen LogP contribution in [-0.2, 0) is 9.59 Å². The summed E-state index contributed by atoms with van der Waals surface area (Å²) in [5.74, 6) is -0.849. The lowest BCUT2D eigenvalue weighted by Crippen LogP contribution is -2.37. The maximum Gasteiger partial charge on any atom is 0.313 e. The molecule has 20 heavy (non-hydrogen) atoms. The van der Waals surface area contributed by atoms with Crippen LogP contribution in [0.3, 0.4) is 0 Å². The van der Waals surface area contributed by atoms with Gasteiger partial charge in [-0.3, -0.25) is 9.59 Å². The van der Waals surface area contributed by atoms with Crippen LogP contribution in [0.15, 0.2) is 24.3 Å². The molecule has 110 valence electrons. The molecule has 0 radical (unpaired) electrons. The number of aliphatic carboxylic acids is 1. The first-order valence-corrected chi connectivity index (χ1v) is 7.14. The van der Waals surface area contributed by atoms with Gasteiger partial charge >= 0.3 is 5.97 Å². The molecule has 0 aliphatic heterocycles. The highest BCUT2D eigenvalue weighted by atomic mass is 32.2. The quantitative estimate of drug-likeness (QED) is 0.712. The number of amides is 1. The molecule has 1 aromatic rings. The Hall–Kier alpha value is -1.76. The molecular formula is C13H16FNO4S. The molecule has 0 spiro atoms. The van der Waals surface area contributed by atoms with Crippen LogP contribution in [0.2, 0.25) is 0 Å². The van der Waals surface area contributed by atoms with Crippen molar-refractivity contribution in [1.82, 2.24) is 5.32 Å². The molecular weight excluding hydrogens is 285 g/mol. The van der Waals surface area contributed by atoms with Crippen LogP contribution in [0, 0.1) is 5.82 Å². The Labute approximate surface area is 120 Å². The molecule has 0 aromatic heterocycles. The van der Waals surface area contributed by atoms with Crippen molar-refractivity contribution in [3.8, 4) is 5.75 Å². The van der Waals surface area contributed by atoms with Crippen LogP contribution in [0.5, 0.6) is 5.75 Å². The second-order valence-electron chi connectivity index (χ2n) is 3.95. The summed E-state index contributed by atoms with van der Waals surface area (Å²) in [6.45, 7) is 1.91. The monoisotopic (exact) mass is 301 g/mol. The first-order valence-electron chi connectivity index (χ1n) is 5.98. The van der Waals surface area contributed by atoms with Crippen molar-refractivity contribution in [2.75, 3.05) is 18.1 Å². The van der Waals surface area contributed by atoms with E-state index in [2.05, 4.69) is 5.32 Å². The summed E-state index contributed by atoms with van der Waals surface area (Å²) in [4.78, 5) is 22.0. The van der Waals surface area contributed by atoms with E-state index < -0.39 is 17.9 Å². The van der Waals surface area contributed by atoms with Gasteiger partial charge in [0, 0.05) is 18.4 Å². The predicted molar refractivity (Wildman–Crippen MR) is 74.5 cm³/mol. The zero-order chi connectivity index (χ0) is 15.0. The van der Waals surface area contributed by atoms with Gasteiger partial charge in [0.2, 0.25) is 0 Å². The third-order valence-electron chi connectivity index (χ3n) is 2.25. The van der Waals surface area contributed by atoms with Gasteiger partial charge in [-0.25, -0.2) is 4.39 Å². The first-order chi connectivity index (χ1) is 9.49. The van der Waals surface area contributed by atoms with Crippen molar-refractivity contribution < 1.29 is 23.8 Å². The van der Waals surface area contributed by atoms with E-state index in [4.69, 9.17) is 9.84 Å². The molecule has 0 aliphatic rings. The number of halogens is 1. The number of hydrogen-bond donors (Lipinski definition) is 2. The molecule has 0 bridgehead atoms. The summed E-state index contributed by atoms with van der Waals surface area (Å²) in [6, 6.07) is 5.55. The lowest BCUT2D eigenvalue weighted by molar-refractivity contribution is -0.134. The molecule has 1 amide bonds. The molecule has 1 rings (SSSR count). The minimum absolute atomic E-state index is 0.00517. The zero-order valence-corrected chi connectivity index (χ0v) is 11.8. The normalized spacial score (nSPS) is 11.7. The molecule has 1 atom stereocenters. The maximum atomic E-state index is 12.9. The van der Waals surface area contributed by atoms with E-state index in [0.29, 0.717) is 12.3 Å². The molecule has 0 saturated carbocycles. The second kappa shape index (κ2) is 8.42. The number of carbonyl (C=O) groups excluding carboxylic acids is 1. The van der Waals surface area contributed by atoms with E-state index in [1.165, 1.54) is 30.0 Å². The Bertz CT molecular complexity index is 469. The molecule has 2 N–H and O–H groups in total. The fourth-order valence-corrected chi connectivity index (χ4v) is 1.91. The Balaban J connectivity index is 2.27. The van der Waals surface area contributed by atoms with Crippen molar-refractivity contribution >= 4 is 23.6 Å². The Morgan fingerprint density at radius 1 is 1.50 bits per heavy atom. The number of benzene rings is 1. The Morgan fingerprint density at radius 3 is 2.90 bits per heavy atom. The largest absolute Gasteiger partial charge is 0.481 e. The molecule has 1 unspecified atom stereocenters. The van der Waals surface area contributed by atoms with Crippen LogP contribution in [0.25, 0.3) is 0 Å². The fourth-order valence-electron chi connectivity index (χ4n) is 1.35. The number of carbonyl (C=O) groups is 2. The van der Waals surface area contributed by atoms with Gasteiger partial charge in [0.15, 0.2) is 6.10 Å².